The first-order valence-corrected chi connectivity index (χ1v) is 10.6. The Morgan fingerprint density at radius 2 is 1.89 bits per heavy atom. The third-order valence-corrected chi connectivity index (χ3v) is 6.94. The molecule has 0 saturated carbocycles. The second kappa shape index (κ2) is 8.10. The topological polar surface area (TPSA) is 91.2 Å². The number of carbonyl (C=O) groups excluding carboxylic acids is 2. The number of sulfonamides is 1. The molecule has 8 nitrogen and oxygen atoms in total. The third-order valence-electron chi connectivity index (χ3n) is 5.01. The molecule has 0 spiro atoms. The highest BCUT2D eigenvalue weighted by Gasteiger charge is 2.40. The van der Waals surface area contributed by atoms with Crippen molar-refractivity contribution in [1.82, 2.24) is 14.5 Å². The smallest absolute Gasteiger partial charge is 0.326 e. The number of hydrogen-bond donors (Lipinski definition) is 2. The van der Waals surface area contributed by atoms with E-state index in [9.17, 15) is 26.8 Å². The van der Waals surface area contributed by atoms with Gasteiger partial charge in [0.1, 0.15) is 22.6 Å². The van der Waals surface area contributed by atoms with Crippen molar-refractivity contribution in [2.75, 3.05) is 32.8 Å². The van der Waals surface area contributed by atoms with Gasteiger partial charge in [-0.25, -0.2) is 26.9 Å². The van der Waals surface area contributed by atoms with Crippen molar-refractivity contribution in [3.63, 3.8) is 0 Å². The highest BCUT2D eigenvalue weighted by Crippen LogP contribution is 2.20. The molecule has 2 fully saturated rings. The molecule has 3 amide bonds. The maximum absolute atomic E-state index is 13.9. The number of rotatable bonds is 6. The summed E-state index contributed by atoms with van der Waals surface area (Å²) < 4.78 is 53.3. The first-order chi connectivity index (χ1) is 13.2. The second-order valence-corrected chi connectivity index (χ2v) is 8.85. The van der Waals surface area contributed by atoms with Crippen molar-refractivity contribution in [3.8, 4) is 0 Å². The first-order valence-electron chi connectivity index (χ1n) is 9.14. The third kappa shape index (κ3) is 4.01. The molecule has 0 radical (unpaired) electrons. The van der Waals surface area contributed by atoms with Crippen LogP contribution in [0.25, 0.3) is 0 Å². The molecular weight excluding hydrogens is 394 g/mol. The van der Waals surface area contributed by atoms with Crippen LogP contribution in [0.4, 0.5) is 13.6 Å². The van der Waals surface area contributed by atoms with Gasteiger partial charge in [0, 0.05) is 6.07 Å². The summed E-state index contributed by atoms with van der Waals surface area (Å²) in [6.45, 7) is 3.02. The Labute approximate surface area is 162 Å². The Morgan fingerprint density at radius 1 is 1.21 bits per heavy atom. The van der Waals surface area contributed by atoms with Crippen LogP contribution in [-0.4, -0.2) is 68.5 Å². The fourth-order valence-electron chi connectivity index (χ4n) is 3.46. The van der Waals surface area contributed by atoms with Crippen molar-refractivity contribution in [3.05, 3.63) is 29.8 Å². The van der Waals surface area contributed by atoms with Gasteiger partial charge < -0.3 is 10.2 Å². The Morgan fingerprint density at radius 3 is 2.50 bits per heavy atom. The standard InChI is InChI=1S/C17H22F2N4O4S/c1-2-3-14-16(24)23(17(25)20-14)11-21-6-8-22(9-7-21)28(26,27)15-5-4-12(18)10-13(15)19/h4-5,10,14H,2-3,6-9,11H2,1H3,(H,20,25)/p+1/t14-/m1/s1. The van der Waals surface area contributed by atoms with Gasteiger partial charge >= 0.3 is 6.03 Å². The summed E-state index contributed by atoms with van der Waals surface area (Å²) >= 11 is 0. The lowest BCUT2D eigenvalue weighted by molar-refractivity contribution is -0.910. The number of benzene rings is 1. The number of quaternary nitrogens is 1. The lowest BCUT2D eigenvalue weighted by atomic mass is 10.2. The van der Waals surface area contributed by atoms with E-state index in [0.29, 0.717) is 25.6 Å². The summed E-state index contributed by atoms with van der Waals surface area (Å²) in [4.78, 5) is 25.8. The van der Waals surface area contributed by atoms with Gasteiger partial charge in [0.25, 0.3) is 5.91 Å². The lowest BCUT2D eigenvalue weighted by Crippen LogP contribution is -3.16. The van der Waals surface area contributed by atoms with Gasteiger partial charge in [0.2, 0.25) is 10.0 Å². The van der Waals surface area contributed by atoms with Gasteiger partial charge in [-0.1, -0.05) is 13.3 Å². The van der Waals surface area contributed by atoms with Crippen LogP contribution in [0.2, 0.25) is 0 Å². The minimum atomic E-state index is -4.08. The summed E-state index contributed by atoms with van der Waals surface area (Å²) in [5.41, 5.74) is 0. The van der Waals surface area contributed by atoms with Crippen molar-refractivity contribution >= 4 is 22.0 Å². The Bertz CT molecular complexity index is 872. The molecular formula is C17H23F2N4O4S+. The van der Waals surface area contributed by atoms with E-state index in [4.69, 9.17) is 0 Å². The Kier molecular flexibility index (Phi) is 5.96. The number of piperazine rings is 1. The molecule has 2 saturated heterocycles. The van der Waals surface area contributed by atoms with E-state index in [-0.39, 0.29) is 25.7 Å². The molecule has 28 heavy (non-hydrogen) atoms. The minimum Gasteiger partial charge on any atom is -0.326 e. The van der Waals surface area contributed by atoms with Gasteiger partial charge in [-0.2, -0.15) is 4.31 Å². The molecule has 2 aliphatic rings. The summed E-state index contributed by atoms with van der Waals surface area (Å²) in [5, 5.41) is 2.66. The van der Waals surface area contributed by atoms with E-state index in [2.05, 4.69) is 5.32 Å². The fraction of sp³-hybridized carbons (Fsp3) is 0.529. The highest BCUT2D eigenvalue weighted by molar-refractivity contribution is 7.89. The molecule has 1 atom stereocenters. The zero-order valence-electron chi connectivity index (χ0n) is 15.5. The van der Waals surface area contributed by atoms with Crippen LogP contribution >= 0.6 is 0 Å². The summed E-state index contributed by atoms with van der Waals surface area (Å²) in [6.07, 6.45) is 1.35. The maximum Gasteiger partial charge on any atom is 0.329 e. The highest BCUT2D eigenvalue weighted by atomic mass is 32.2. The predicted octanol–water partition coefficient (Wildman–Crippen LogP) is -0.468. The molecule has 154 valence electrons. The number of carbonyl (C=O) groups is 2. The van der Waals surface area contributed by atoms with E-state index in [0.717, 1.165) is 27.8 Å². The molecule has 2 N–H and O–H groups in total. The molecule has 0 unspecified atom stereocenters. The van der Waals surface area contributed by atoms with Crippen LogP contribution in [0.3, 0.4) is 0 Å². The van der Waals surface area contributed by atoms with Crippen LogP contribution in [-0.2, 0) is 14.8 Å². The fourth-order valence-corrected chi connectivity index (χ4v) is 4.95. The number of nitrogens with zero attached hydrogens (tertiary/aromatic N) is 2. The van der Waals surface area contributed by atoms with Crippen molar-refractivity contribution in [1.29, 1.82) is 0 Å². The predicted molar refractivity (Wildman–Crippen MR) is 94.8 cm³/mol. The van der Waals surface area contributed by atoms with E-state index in [1.54, 1.807) is 0 Å². The van der Waals surface area contributed by atoms with Crippen molar-refractivity contribution < 1.29 is 31.7 Å². The SMILES string of the molecule is CCC[C@H]1NC(=O)N(C[NH+]2CCN(S(=O)(=O)c3ccc(F)cc3F)CC2)C1=O. The molecule has 2 heterocycles. The second-order valence-electron chi connectivity index (χ2n) is 6.94. The normalized spacial score (nSPS) is 22.0. The molecule has 2 aliphatic heterocycles. The largest absolute Gasteiger partial charge is 0.329 e. The number of halogens is 2. The molecule has 0 aliphatic carbocycles. The Balaban J connectivity index is 1.61. The van der Waals surface area contributed by atoms with Gasteiger partial charge in [0.15, 0.2) is 6.67 Å². The van der Waals surface area contributed by atoms with Gasteiger partial charge in [-0.05, 0) is 18.6 Å². The molecule has 1 aromatic carbocycles. The average molecular weight is 417 g/mol. The van der Waals surface area contributed by atoms with Crippen LogP contribution in [0, 0.1) is 11.6 Å². The number of hydrogen-bond acceptors (Lipinski definition) is 4. The van der Waals surface area contributed by atoms with Gasteiger partial charge in [-0.3, -0.25) is 4.79 Å². The van der Waals surface area contributed by atoms with Crippen molar-refractivity contribution in [2.24, 2.45) is 0 Å². The number of urea groups is 1. The quantitative estimate of drug-likeness (QED) is 0.613. The molecule has 3 rings (SSSR count). The van der Waals surface area contributed by atoms with E-state index in [1.807, 2.05) is 6.92 Å². The van der Waals surface area contributed by atoms with E-state index < -0.39 is 38.6 Å². The van der Waals surface area contributed by atoms with E-state index in [1.165, 1.54) is 4.90 Å². The molecule has 0 aromatic heterocycles. The lowest BCUT2D eigenvalue weighted by Gasteiger charge is -2.32. The molecule has 0 bridgehead atoms. The van der Waals surface area contributed by atoms with Gasteiger partial charge in [0.05, 0.1) is 26.2 Å². The maximum atomic E-state index is 13.9. The van der Waals surface area contributed by atoms with Crippen LogP contribution in [0.15, 0.2) is 23.1 Å². The molecule has 1 aromatic rings. The first kappa shape index (κ1) is 20.6. The minimum absolute atomic E-state index is 0.108. The number of imide groups is 1. The van der Waals surface area contributed by atoms with Crippen molar-refractivity contribution in [2.45, 2.75) is 30.7 Å². The number of amides is 3. The zero-order valence-corrected chi connectivity index (χ0v) is 16.3. The summed E-state index contributed by atoms with van der Waals surface area (Å²) in [7, 11) is -4.08. The number of nitrogens with one attached hydrogen (secondary N) is 2. The van der Waals surface area contributed by atoms with E-state index >= 15 is 0 Å². The monoisotopic (exact) mass is 417 g/mol. The summed E-state index contributed by atoms with van der Waals surface area (Å²) in [6, 6.07) is 1.43. The average Bonchev–Trinajstić information content (AvgIpc) is 2.90. The van der Waals surface area contributed by atoms with Crippen LogP contribution in [0.5, 0.6) is 0 Å². The Hall–Kier alpha value is -2.11. The van der Waals surface area contributed by atoms with Crippen LogP contribution in [0.1, 0.15) is 19.8 Å². The molecule has 11 heteroatoms. The zero-order chi connectivity index (χ0) is 20.5. The summed E-state index contributed by atoms with van der Waals surface area (Å²) in [5.74, 6) is -2.24. The van der Waals surface area contributed by atoms with Gasteiger partial charge in [-0.15, -0.1) is 0 Å². The van der Waals surface area contributed by atoms with Crippen LogP contribution < -0.4 is 10.2 Å².